The molecule has 1 atom stereocenters. The van der Waals surface area contributed by atoms with Gasteiger partial charge in [0.1, 0.15) is 12.4 Å². The minimum Gasteiger partial charge on any atom is -0.488 e. The van der Waals surface area contributed by atoms with Gasteiger partial charge in [0.15, 0.2) is 5.75 Å². The van der Waals surface area contributed by atoms with Crippen molar-refractivity contribution in [1.82, 2.24) is 5.16 Å². The Hall–Kier alpha value is -2.79. The highest BCUT2D eigenvalue weighted by Gasteiger charge is 2.27. The lowest BCUT2D eigenvalue weighted by Gasteiger charge is -2.31. The summed E-state index contributed by atoms with van der Waals surface area (Å²) < 4.78 is 11.5. The van der Waals surface area contributed by atoms with Crippen molar-refractivity contribution in [2.24, 2.45) is 0 Å². The van der Waals surface area contributed by atoms with Crippen LogP contribution in [0.3, 0.4) is 0 Å². The Morgan fingerprint density at radius 3 is 2.64 bits per heavy atom. The van der Waals surface area contributed by atoms with Crippen LogP contribution >= 0.6 is 0 Å². The molecule has 5 nitrogen and oxygen atoms in total. The molecule has 4 rings (SSSR count). The van der Waals surface area contributed by atoms with E-state index in [1.54, 1.807) is 0 Å². The van der Waals surface area contributed by atoms with Crippen LogP contribution in [0.15, 0.2) is 47.0 Å². The highest BCUT2D eigenvalue weighted by molar-refractivity contribution is 5.83. The van der Waals surface area contributed by atoms with Crippen molar-refractivity contribution in [3.63, 3.8) is 0 Å². The zero-order valence-electron chi connectivity index (χ0n) is 14.2. The third-order valence-corrected chi connectivity index (χ3v) is 4.63. The number of ether oxygens (including phenoxy) is 1. The molecule has 25 heavy (non-hydrogen) atoms. The Kier molecular flexibility index (Phi) is 3.93. The van der Waals surface area contributed by atoms with E-state index in [0.29, 0.717) is 6.61 Å². The first kappa shape index (κ1) is 15.7. The van der Waals surface area contributed by atoms with Gasteiger partial charge < -0.3 is 19.7 Å². The van der Waals surface area contributed by atoms with E-state index in [1.807, 2.05) is 44.2 Å². The quantitative estimate of drug-likeness (QED) is 0.757. The predicted octanol–water partition coefficient (Wildman–Crippen LogP) is 4.00. The first-order valence-electron chi connectivity index (χ1n) is 8.33. The predicted molar refractivity (Wildman–Crippen MR) is 95.6 cm³/mol. The molecule has 1 aliphatic heterocycles. The maximum atomic E-state index is 9.75. The monoisotopic (exact) mass is 336 g/mol. The first-order chi connectivity index (χ1) is 12.2. The van der Waals surface area contributed by atoms with Crippen LogP contribution in [0.5, 0.6) is 5.75 Å². The van der Waals surface area contributed by atoms with Crippen LogP contribution in [0.25, 0.3) is 11.1 Å². The lowest BCUT2D eigenvalue weighted by molar-refractivity contribution is 0.271. The number of nitrogens with zero attached hydrogens (tertiary/aromatic N) is 1. The van der Waals surface area contributed by atoms with Crippen LogP contribution in [0.4, 0.5) is 5.69 Å². The largest absolute Gasteiger partial charge is 0.488 e. The van der Waals surface area contributed by atoms with Crippen LogP contribution in [0.1, 0.15) is 28.6 Å². The van der Waals surface area contributed by atoms with Crippen LogP contribution in [-0.2, 0) is 6.61 Å². The Morgan fingerprint density at radius 1 is 1.16 bits per heavy atom. The fraction of sp³-hybridized carbons (Fsp3) is 0.250. The van der Waals surface area contributed by atoms with Crippen molar-refractivity contribution >= 4 is 5.69 Å². The van der Waals surface area contributed by atoms with Crippen LogP contribution in [-0.4, -0.2) is 16.9 Å². The molecule has 0 saturated carbocycles. The number of anilines is 1. The van der Waals surface area contributed by atoms with Gasteiger partial charge >= 0.3 is 0 Å². The lowest BCUT2D eigenvalue weighted by Crippen LogP contribution is -2.25. The summed E-state index contributed by atoms with van der Waals surface area (Å²) in [5, 5.41) is 17.3. The zero-order valence-corrected chi connectivity index (χ0v) is 14.2. The van der Waals surface area contributed by atoms with Crippen molar-refractivity contribution in [1.29, 1.82) is 0 Å². The Bertz CT molecular complexity index is 883. The number of aryl methyl sites for hydroxylation is 2. The number of aromatic nitrogens is 1. The molecule has 0 amide bonds. The summed E-state index contributed by atoms with van der Waals surface area (Å²) in [6.45, 7) is 4.27. The topological polar surface area (TPSA) is 67.5 Å². The fourth-order valence-corrected chi connectivity index (χ4v) is 3.38. The number of nitrogens with one attached hydrogen (secondary N) is 1. The van der Waals surface area contributed by atoms with E-state index in [-0.39, 0.29) is 12.6 Å². The van der Waals surface area contributed by atoms with Crippen molar-refractivity contribution in [2.45, 2.75) is 26.5 Å². The van der Waals surface area contributed by atoms with Gasteiger partial charge in [-0.05, 0) is 25.5 Å². The number of aliphatic hydroxyl groups excluding tert-OH is 1. The van der Waals surface area contributed by atoms with Crippen LogP contribution in [0.2, 0.25) is 0 Å². The second kappa shape index (κ2) is 6.26. The Labute approximate surface area is 146 Å². The molecule has 2 N–H and O–H groups in total. The van der Waals surface area contributed by atoms with E-state index in [1.165, 1.54) is 0 Å². The zero-order chi connectivity index (χ0) is 17.4. The standard InChI is InChI=1S/C20H20N2O3/c1-12-18(13(2)25-22-12)16-9-8-15(10-23)19-20(16)24-11-17(21-19)14-6-4-3-5-7-14/h3-9,17,21,23H,10-11H2,1-2H3. The van der Waals surface area contributed by atoms with Gasteiger partial charge in [-0.3, -0.25) is 0 Å². The van der Waals surface area contributed by atoms with Crippen LogP contribution in [0, 0.1) is 13.8 Å². The number of aliphatic hydroxyl groups is 1. The van der Waals surface area contributed by atoms with Gasteiger partial charge in [0, 0.05) is 11.1 Å². The molecule has 0 aliphatic carbocycles. The third-order valence-electron chi connectivity index (χ3n) is 4.63. The van der Waals surface area contributed by atoms with Gasteiger partial charge in [-0.2, -0.15) is 0 Å². The first-order valence-corrected chi connectivity index (χ1v) is 8.33. The van der Waals surface area contributed by atoms with E-state index in [9.17, 15) is 5.11 Å². The summed E-state index contributed by atoms with van der Waals surface area (Å²) in [6, 6.07) is 14.1. The number of hydrogen-bond donors (Lipinski definition) is 2. The smallest absolute Gasteiger partial charge is 0.150 e. The molecule has 3 aromatic rings. The summed E-state index contributed by atoms with van der Waals surface area (Å²) in [5.74, 6) is 1.50. The number of hydrogen-bond acceptors (Lipinski definition) is 5. The molecule has 0 radical (unpaired) electrons. The van der Waals surface area contributed by atoms with Gasteiger partial charge in [0.2, 0.25) is 0 Å². The summed E-state index contributed by atoms with van der Waals surface area (Å²) in [5.41, 5.74) is 5.50. The average Bonchev–Trinajstić information content (AvgIpc) is 2.99. The summed E-state index contributed by atoms with van der Waals surface area (Å²) in [6.07, 6.45) is 0. The normalized spacial score (nSPS) is 16.0. The maximum Gasteiger partial charge on any atom is 0.150 e. The van der Waals surface area contributed by atoms with E-state index in [0.717, 1.165) is 45.1 Å². The molecule has 0 spiro atoms. The molecule has 5 heteroatoms. The number of rotatable bonds is 3. The fourth-order valence-electron chi connectivity index (χ4n) is 3.38. The minimum absolute atomic E-state index is 0.0407. The van der Waals surface area contributed by atoms with E-state index in [4.69, 9.17) is 9.26 Å². The highest BCUT2D eigenvalue weighted by Crippen LogP contribution is 2.45. The van der Waals surface area contributed by atoms with Gasteiger partial charge in [0.05, 0.1) is 29.6 Å². The molecular weight excluding hydrogens is 316 g/mol. The second-order valence-electron chi connectivity index (χ2n) is 6.25. The molecule has 2 aromatic carbocycles. The van der Waals surface area contributed by atoms with E-state index < -0.39 is 0 Å². The van der Waals surface area contributed by atoms with Gasteiger partial charge in [0.25, 0.3) is 0 Å². The molecule has 128 valence electrons. The molecule has 0 fully saturated rings. The molecule has 1 unspecified atom stereocenters. The lowest BCUT2D eigenvalue weighted by atomic mass is 9.97. The minimum atomic E-state index is -0.0535. The molecule has 0 saturated heterocycles. The number of benzene rings is 2. The van der Waals surface area contributed by atoms with E-state index in [2.05, 4.69) is 22.6 Å². The van der Waals surface area contributed by atoms with Gasteiger partial charge in [-0.25, -0.2) is 0 Å². The van der Waals surface area contributed by atoms with Crippen molar-refractivity contribution in [3.05, 3.63) is 65.0 Å². The molecule has 1 aromatic heterocycles. The highest BCUT2D eigenvalue weighted by atomic mass is 16.5. The summed E-state index contributed by atoms with van der Waals surface area (Å²) in [7, 11) is 0. The van der Waals surface area contributed by atoms with Gasteiger partial charge in [-0.1, -0.05) is 41.6 Å². The maximum absolute atomic E-state index is 9.75. The third kappa shape index (κ3) is 2.66. The molecular formula is C20H20N2O3. The second-order valence-corrected chi connectivity index (χ2v) is 6.25. The summed E-state index contributed by atoms with van der Waals surface area (Å²) in [4.78, 5) is 0. The van der Waals surface area contributed by atoms with Crippen molar-refractivity contribution in [2.75, 3.05) is 11.9 Å². The Morgan fingerprint density at radius 2 is 1.96 bits per heavy atom. The average molecular weight is 336 g/mol. The van der Waals surface area contributed by atoms with Crippen molar-refractivity contribution < 1.29 is 14.4 Å². The van der Waals surface area contributed by atoms with Crippen molar-refractivity contribution in [3.8, 4) is 16.9 Å². The molecule has 2 heterocycles. The van der Waals surface area contributed by atoms with Gasteiger partial charge in [-0.15, -0.1) is 0 Å². The SMILES string of the molecule is Cc1noc(C)c1-c1ccc(CO)c2c1OCC(c1ccccc1)N2. The summed E-state index contributed by atoms with van der Waals surface area (Å²) >= 11 is 0. The Balaban J connectivity index is 1.81. The van der Waals surface area contributed by atoms with Crippen LogP contribution < -0.4 is 10.1 Å². The molecule has 1 aliphatic rings. The molecule has 0 bridgehead atoms. The number of fused-ring (bicyclic) bond motifs is 1. The van der Waals surface area contributed by atoms with E-state index >= 15 is 0 Å².